The van der Waals surface area contributed by atoms with Crippen molar-refractivity contribution in [2.75, 3.05) is 7.05 Å². The molecule has 0 bridgehead atoms. The zero-order valence-corrected chi connectivity index (χ0v) is 15.3. The second kappa shape index (κ2) is 7.53. The monoisotopic (exact) mass is 399 g/mol. The van der Waals surface area contributed by atoms with E-state index in [2.05, 4.69) is 26.3 Å². The van der Waals surface area contributed by atoms with Crippen molar-refractivity contribution in [3.8, 4) is 17.0 Å². The number of phenols is 1. The van der Waals surface area contributed by atoms with Gasteiger partial charge in [0.2, 0.25) is 5.91 Å². The summed E-state index contributed by atoms with van der Waals surface area (Å²) in [5.41, 5.74) is 2.68. The molecule has 0 spiro atoms. The molecule has 0 aliphatic carbocycles. The number of nitrogens with one attached hydrogen (secondary N) is 1. The Morgan fingerprint density at radius 3 is 2.68 bits per heavy atom. The molecule has 1 aromatic heterocycles. The Balaban J connectivity index is 1.89. The molecule has 1 heterocycles. The SMILES string of the molecule is CNC(=O)[C@H](Cc1cccc(Br)c1)n1ccc(-c2ccc(O)cc2)n1. The molecule has 128 valence electrons. The van der Waals surface area contributed by atoms with Crippen LogP contribution in [0, 0.1) is 0 Å². The molecule has 0 radical (unpaired) electrons. The van der Waals surface area contributed by atoms with E-state index in [9.17, 15) is 9.90 Å². The molecule has 0 aliphatic heterocycles. The summed E-state index contributed by atoms with van der Waals surface area (Å²) in [4.78, 5) is 12.4. The molecule has 5 nitrogen and oxygen atoms in total. The van der Waals surface area contributed by atoms with Crippen LogP contribution in [0.15, 0.2) is 65.3 Å². The normalized spacial score (nSPS) is 11.9. The Hall–Kier alpha value is -2.60. The van der Waals surface area contributed by atoms with Crippen LogP contribution < -0.4 is 5.32 Å². The third kappa shape index (κ3) is 4.09. The third-order valence-electron chi connectivity index (χ3n) is 3.96. The van der Waals surface area contributed by atoms with Crippen molar-refractivity contribution in [3.05, 3.63) is 70.8 Å². The lowest BCUT2D eigenvalue weighted by Gasteiger charge is -2.16. The van der Waals surface area contributed by atoms with Crippen LogP contribution in [-0.2, 0) is 11.2 Å². The molecule has 0 saturated carbocycles. The minimum Gasteiger partial charge on any atom is -0.508 e. The molecule has 0 unspecified atom stereocenters. The van der Waals surface area contributed by atoms with E-state index in [1.165, 1.54) is 0 Å². The second-order valence-corrected chi connectivity index (χ2v) is 6.61. The standard InChI is InChI=1S/C19H18BrN3O2/c1-21-19(25)18(12-13-3-2-4-15(20)11-13)23-10-9-17(22-23)14-5-7-16(24)8-6-14/h2-11,18,24H,12H2,1H3,(H,21,25)/t18-/m0/s1. The molecule has 1 atom stereocenters. The summed E-state index contributed by atoms with van der Waals surface area (Å²) < 4.78 is 2.66. The molecule has 0 fully saturated rings. The fraction of sp³-hybridized carbons (Fsp3) is 0.158. The second-order valence-electron chi connectivity index (χ2n) is 5.69. The molecule has 0 saturated heterocycles. The number of phenolic OH excluding ortho intramolecular Hbond substituents is 1. The van der Waals surface area contributed by atoms with Crippen molar-refractivity contribution in [2.45, 2.75) is 12.5 Å². The number of hydrogen-bond acceptors (Lipinski definition) is 3. The van der Waals surface area contributed by atoms with Gasteiger partial charge in [0.05, 0.1) is 5.69 Å². The van der Waals surface area contributed by atoms with Crippen LogP contribution in [0.4, 0.5) is 0 Å². The lowest BCUT2D eigenvalue weighted by Crippen LogP contribution is -2.31. The summed E-state index contributed by atoms with van der Waals surface area (Å²) in [5.74, 6) is 0.112. The molecule has 3 aromatic rings. The molecule has 6 heteroatoms. The first kappa shape index (κ1) is 17.2. The van der Waals surface area contributed by atoms with E-state index in [1.807, 2.05) is 30.3 Å². The number of likely N-dealkylation sites (N-methyl/N-ethyl adjacent to an activating group) is 1. The topological polar surface area (TPSA) is 67.2 Å². The van der Waals surface area contributed by atoms with Gasteiger partial charge in [-0.3, -0.25) is 9.48 Å². The van der Waals surface area contributed by atoms with Crippen molar-refractivity contribution >= 4 is 21.8 Å². The van der Waals surface area contributed by atoms with Gasteiger partial charge in [-0.2, -0.15) is 5.10 Å². The molecular formula is C19H18BrN3O2. The van der Waals surface area contributed by atoms with Gasteiger partial charge < -0.3 is 10.4 Å². The Morgan fingerprint density at radius 1 is 1.24 bits per heavy atom. The van der Waals surface area contributed by atoms with Gasteiger partial charge in [0, 0.05) is 29.7 Å². The van der Waals surface area contributed by atoms with E-state index in [1.54, 1.807) is 42.2 Å². The molecule has 0 aliphatic rings. The number of carbonyl (C=O) groups is 1. The maximum atomic E-state index is 12.4. The van der Waals surface area contributed by atoms with E-state index in [0.717, 1.165) is 21.3 Å². The van der Waals surface area contributed by atoms with Crippen molar-refractivity contribution in [1.29, 1.82) is 0 Å². The average Bonchev–Trinajstić information content (AvgIpc) is 3.09. The number of carbonyl (C=O) groups excluding carboxylic acids is 1. The van der Waals surface area contributed by atoms with Crippen LogP contribution in [-0.4, -0.2) is 27.8 Å². The summed E-state index contributed by atoms with van der Waals surface area (Å²) >= 11 is 3.46. The van der Waals surface area contributed by atoms with Crippen LogP contribution >= 0.6 is 15.9 Å². The van der Waals surface area contributed by atoms with Gasteiger partial charge in [-0.25, -0.2) is 0 Å². The highest BCUT2D eigenvalue weighted by molar-refractivity contribution is 9.10. The largest absolute Gasteiger partial charge is 0.508 e. The number of hydrogen-bond donors (Lipinski definition) is 2. The Kier molecular flexibility index (Phi) is 5.19. The van der Waals surface area contributed by atoms with Crippen molar-refractivity contribution in [1.82, 2.24) is 15.1 Å². The van der Waals surface area contributed by atoms with Gasteiger partial charge in [0.1, 0.15) is 11.8 Å². The highest BCUT2D eigenvalue weighted by Gasteiger charge is 2.21. The number of amides is 1. The predicted molar refractivity (Wildman–Crippen MR) is 100 cm³/mol. The minimum atomic E-state index is -0.440. The number of nitrogens with zero attached hydrogens (tertiary/aromatic N) is 2. The summed E-state index contributed by atoms with van der Waals surface area (Å²) in [6, 6.07) is 16.1. The lowest BCUT2D eigenvalue weighted by atomic mass is 10.1. The van der Waals surface area contributed by atoms with E-state index in [0.29, 0.717) is 6.42 Å². The first-order chi connectivity index (χ1) is 12.1. The zero-order valence-electron chi connectivity index (χ0n) is 13.7. The maximum Gasteiger partial charge on any atom is 0.244 e. The predicted octanol–water partition coefficient (Wildman–Crippen LogP) is 3.55. The average molecular weight is 400 g/mol. The number of halogens is 1. The van der Waals surface area contributed by atoms with Crippen molar-refractivity contribution in [2.24, 2.45) is 0 Å². The maximum absolute atomic E-state index is 12.4. The molecule has 25 heavy (non-hydrogen) atoms. The van der Waals surface area contributed by atoms with Gasteiger partial charge in [-0.15, -0.1) is 0 Å². The highest BCUT2D eigenvalue weighted by atomic mass is 79.9. The molecular weight excluding hydrogens is 382 g/mol. The first-order valence-electron chi connectivity index (χ1n) is 7.87. The Bertz CT molecular complexity index is 874. The van der Waals surface area contributed by atoms with Crippen LogP contribution in [0.3, 0.4) is 0 Å². The Morgan fingerprint density at radius 2 is 2.00 bits per heavy atom. The van der Waals surface area contributed by atoms with E-state index in [-0.39, 0.29) is 11.7 Å². The smallest absolute Gasteiger partial charge is 0.244 e. The van der Waals surface area contributed by atoms with Crippen LogP contribution in [0.5, 0.6) is 5.75 Å². The highest BCUT2D eigenvalue weighted by Crippen LogP contribution is 2.23. The quantitative estimate of drug-likeness (QED) is 0.689. The number of benzene rings is 2. The van der Waals surface area contributed by atoms with Crippen LogP contribution in [0.25, 0.3) is 11.3 Å². The third-order valence-corrected chi connectivity index (χ3v) is 4.45. The molecule has 3 rings (SSSR count). The molecule has 2 aromatic carbocycles. The van der Waals surface area contributed by atoms with E-state index >= 15 is 0 Å². The van der Waals surface area contributed by atoms with Gasteiger partial charge in [-0.05, 0) is 48.0 Å². The van der Waals surface area contributed by atoms with Gasteiger partial charge in [0.25, 0.3) is 0 Å². The summed E-state index contributed by atoms with van der Waals surface area (Å²) in [7, 11) is 1.63. The lowest BCUT2D eigenvalue weighted by molar-refractivity contribution is -0.124. The fourth-order valence-corrected chi connectivity index (χ4v) is 3.10. The van der Waals surface area contributed by atoms with Crippen molar-refractivity contribution in [3.63, 3.8) is 0 Å². The first-order valence-corrected chi connectivity index (χ1v) is 8.66. The number of rotatable bonds is 5. The van der Waals surface area contributed by atoms with Crippen LogP contribution in [0.1, 0.15) is 11.6 Å². The van der Waals surface area contributed by atoms with Gasteiger partial charge in [0.15, 0.2) is 0 Å². The fourth-order valence-electron chi connectivity index (χ4n) is 2.66. The summed E-state index contributed by atoms with van der Waals surface area (Å²) in [5, 5.41) is 16.7. The summed E-state index contributed by atoms with van der Waals surface area (Å²) in [6.45, 7) is 0. The molecule has 2 N–H and O–H groups in total. The van der Waals surface area contributed by atoms with Gasteiger partial charge >= 0.3 is 0 Å². The van der Waals surface area contributed by atoms with Crippen LogP contribution in [0.2, 0.25) is 0 Å². The molecule has 1 amide bonds. The number of aromatic hydroxyl groups is 1. The van der Waals surface area contributed by atoms with Crippen molar-refractivity contribution < 1.29 is 9.90 Å². The zero-order chi connectivity index (χ0) is 17.8. The minimum absolute atomic E-state index is 0.0969. The van der Waals surface area contributed by atoms with Gasteiger partial charge in [-0.1, -0.05) is 28.1 Å². The Labute approximate surface area is 154 Å². The number of aromatic nitrogens is 2. The summed E-state index contributed by atoms with van der Waals surface area (Å²) in [6.07, 6.45) is 2.34. The van der Waals surface area contributed by atoms with E-state index in [4.69, 9.17) is 0 Å². The van der Waals surface area contributed by atoms with E-state index < -0.39 is 6.04 Å².